The molecule has 2 saturated heterocycles. The van der Waals surface area contributed by atoms with Crippen LogP contribution in [0, 0.1) is 45.6 Å². The van der Waals surface area contributed by atoms with Crippen molar-refractivity contribution in [3.63, 3.8) is 0 Å². The van der Waals surface area contributed by atoms with Crippen LogP contribution >= 0.6 is 11.6 Å². The van der Waals surface area contributed by atoms with Crippen molar-refractivity contribution in [2.75, 3.05) is 4.90 Å². The maximum absolute atomic E-state index is 14.6. The van der Waals surface area contributed by atoms with Crippen molar-refractivity contribution in [2.24, 2.45) is 40.6 Å². The van der Waals surface area contributed by atoms with Gasteiger partial charge in [-0.05, 0) is 52.6 Å². The minimum atomic E-state index is -1.34. The van der Waals surface area contributed by atoms with Gasteiger partial charge in [-0.15, -0.1) is 0 Å². The van der Waals surface area contributed by atoms with Gasteiger partial charge in [-0.25, -0.2) is 4.90 Å². The number of rotatable bonds is 4. The van der Waals surface area contributed by atoms with Gasteiger partial charge in [-0.2, -0.15) is 10.1 Å². The number of amides is 4. The van der Waals surface area contributed by atoms with Crippen molar-refractivity contribution in [2.45, 2.75) is 17.8 Å². The standard InChI is InChI=1S/C34H23ClN4O6/c35-18-11-12-23(24(14-18)39(44)45)37-30(40)28-27-19-5-1-3-7-21(19)34(29(28)33(37)43,22-8-4-2-6-20(22)27)15-36-38-31(41)25-16-9-10-17(13-16)26(25)32(38)42/h1-12,14-17,25-29H,13H2/b36-15-/t16-,17-,25-,26+,27?,28-,29-,34?/m0/s1. The van der Waals surface area contributed by atoms with Crippen LogP contribution < -0.4 is 4.90 Å². The van der Waals surface area contributed by atoms with Gasteiger partial charge in [-0.3, -0.25) is 29.3 Å². The Hall–Kier alpha value is -4.96. The van der Waals surface area contributed by atoms with E-state index in [1.807, 2.05) is 60.7 Å². The number of hydrogen-bond acceptors (Lipinski definition) is 7. The van der Waals surface area contributed by atoms with E-state index in [0.717, 1.165) is 44.6 Å². The monoisotopic (exact) mass is 618 g/mol. The van der Waals surface area contributed by atoms with Gasteiger partial charge in [0.05, 0.1) is 34.0 Å². The van der Waals surface area contributed by atoms with Gasteiger partial charge in [-0.1, -0.05) is 72.3 Å². The molecule has 0 N–H and O–H groups in total. The number of imide groups is 2. The predicted molar refractivity (Wildman–Crippen MR) is 161 cm³/mol. The fourth-order valence-corrected chi connectivity index (χ4v) is 9.43. The van der Waals surface area contributed by atoms with Crippen LogP contribution in [0.25, 0.3) is 0 Å². The van der Waals surface area contributed by atoms with Crippen LogP contribution in [0.3, 0.4) is 0 Å². The third-order valence-corrected chi connectivity index (χ3v) is 11.1. The second-order valence-corrected chi connectivity index (χ2v) is 13.1. The summed E-state index contributed by atoms with van der Waals surface area (Å²) in [4.78, 5) is 68.6. The van der Waals surface area contributed by atoms with E-state index in [9.17, 15) is 29.3 Å². The van der Waals surface area contributed by atoms with Crippen LogP contribution in [-0.4, -0.2) is 39.8 Å². The smallest absolute Gasteiger partial charge is 0.274 e. The molecule has 45 heavy (non-hydrogen) atoms. The van der Waals surface area contributed by atoms with E-state index in [2.05, 4.69) is 5.10 Å². The number of hydrazone groups is 1. The first-order valence-corrected chi connectivity index (χ1v) is 15.2. The number of carbonyl (C=O) groups excluding carboxylic acids is 4. The Morgan fingerprint density at radius 3 is 2.02 bits per heavy atom. The summed E-state index contributed by atoms with van der Waals surface area (Å²) in [6, 6.07) is 18.9. The highest BCUT2D eigenvalue weighted by molar-refractivity contribution is 6.31. The van der Waals surface area contributed by atoms with Crippen LogP contribution in [0.2, 0.25) is 5.02 Å². The highest BCUT2D eigenvalue weighted by Gasteiger charge is 2.69. The fraction of sp³-hybridized carbons (Fsp3) is 0.265. The zero-order valence-corrected chi connectivity index (χ0v) is 24.2. The first-order chi connectivity index (χ1) is 21.7. The molecular weight excluding hydrogens is 596 g/mol. The maximum Gasteiger partial charge on any atom is 0.294 e. The summed E-state index contributed by atoms with van der Waals surface area (Å²) in [5, 5.41) is 17.7. The molecule has 7 aliphatic rings. The molecular formula is C34H23ClN4O6. The molecule has 0 spiro atoms. The molecule has 0 unspecified atom stereocenters. The van der Waals surface area contributed by atoms with Gasteiger partial charge in [0, 0.05) is 23.2 Å². The summed E-state index contributed by atoms with van der Waals surface area (Å²) in [5.41, 5.74) is 1.18. The summed E-state index contributed by atoms with van der Waals surface area (Å²) < 4.78 is 0. The summed E-state index contributed by atoms with van der Waals surface area (Å²) in [5.74, 6) is -5.24. The second-order valence-electron chi connectivity index (χ2n) is 12.7. The van der Waals surface area contributed by atoms with Crippen LogP contribution in [0.15, 0.2) is 84.0 Å². The van der Waals surface area contributed by atoms with Crippen molar-refractivity contribution in [3.8, 4) is 0 Å². The third-order valence-electron chi connectivity index (χ3n) is 10.9. The minimum Gasteiger partial charge on any atom is -0.274 e. The van der Waals surface area contributed by atoms with Gasteiger partial charge in [0.1, 0.15) is 5.69 Å². The van der Waals surface area contributed by atoms with Gasteiger partial charge >= 0.3 is 0 Å². The average molecular weight is 619 g/mol. The first-order valence-electron chi connectivity index (χ1n) is 14.9. The average Bonchev–Trinajstić information content (AvgIpc) is 3.79. The Morgan fingerprint density at radius 1 is 0.822 bits per heavy atom. The molecule has 10 nitrogen and oxygen atoms in total. The largest absolute Gasteiger partial charge is 0.294 e. The van der Waals surface area contributed by atoms with E-state index in [4.69, 9.17) is 11.6 Å². The molecule has 3 aromatic rings. The molecule has 0 aromatic heterocycles. The number of hydrogen-bond donors (Lipinski definition) is 0. The summed E-state index contributed by atoms with van der Waals surface area (Å²) in [7, 11) is 0. The highest BCUT2D eigenvalue weighted by atomic mass is 35.5. The highest BCUT2D eigenvalue weighted by Crippen LogP contribution is 2.64. The molecule has 4 amide bonds. The Kier molecular flexibility index (Phi) is 5.18. The van der Waals surface area contributed by atoms with Gasteiger partial charge in [0.15, 0.2) is 0 Å². The van der Waals surface area contributed by atoms with Gasteiger partial charge < -0.3 is 0 Å². The van der Waals surface area contributed by atoms with Crippen molar-refractivity contribution >= 4 is 52.8 Å². The molecule has 6 atom stereocenters. The zero-order chi connectivity index (χ0) is 30.9. The molecule has 3 aromatic carbocycles. The summed E-state index contributed by atoms with van der Waals surface area (Å²) in [6.45, 7) is 0. The Morgan fingerprint density at radius 2 is 1.42 bits per heavy atom. The molecule has 5 aliphatic carbocycles. The number of nitrogens with zero attached hydrogens (tertiary/aromatic N) is 4. The lowest BCUT2D eigenvalue weighted by Crippen LogP contribution is -2.55. The molecule has 10 rings (SSSR count). The lowest BCUT2D eigenvalue weighted by atomic mass is 9.47. The number of carbonyl (C=O) groups is 4. The van der Waals surface area contributed by atoms with E-state index in [1.165, 1.54) is 18.3 Å². The van der Waals surface area contributed by atoms with Crippen molar-refractivity contribution in [3.05, 3.63) is 116 Å². The van der Waals surface area contributed by atoms with Crippen LogP contribution in [0.5, 0.6) is 0 Å². The Balaban J connectivity index is 1.25. The van der Waals surface area contributed by atoms with Crippen LogP contribution in [0.1, 0.15) is 34.6 Å². The summed E-state index contributed by atoms with van der Waals surface area (Å²) in [6.07, 6.45) is 6.31. The number of nitro benzene ring substituents is 1. The summed E-state index contributed by atoms with van der Waals surface area (Å²) >= 11 is 6.07. The van der Waals surface area contributed by atoms with Crippen LogP contribution in [-0.2, 0) is 24.6 Å². The number of allylic oxidation sites excluding steroid dienone is 2. The Labute approximate surface area is 261 Å². The van der Waals surface area contributed by atoms with Crippen molar-refractivity contribution < 1.29 is 24.1 Å². The third kappa shape index (κ3) is 3.12. The van der Waals surface area contributed by atoms with E-state index < -0.39 is 57.4 Å². The molecule has 2 heterocycles. The molecule has 1 saturated carbocycles. The number of halogens is 1. The molecule has 2 aliphatic heterocycles. The van der Waals surface area contributed by atoms with Crippen molar-refractivity contribution in [1.82, 2.24) is 5.01 Å². The molecule has 11 heteroatoms. The molecule has 0 radical (unpaired) electrons. The van der Waals surface area contributed by atoms with E-state index in [-0.39, 0.29) is 34.4 Å². The van der Waals surface area contributed by atoms with Crippen molar-refractivity contribution in [1.29, 1.82) is 0 Å². The van der Waals surface area contributed by atoms with E-state index in [1.54, 1.807) is 0 Å². The second kappa shape index (κ2) is 8.82. The van der Waals surface area contributed by atoms with Gasteiger partial charge in [0.25, 0.3) is 17.5 Å². The minimum absolute atomic E-state index is 0.00326. The van der Waals surface area contributed by atoms with Crippen LogP contribution in [0.4, 0.5) is 11.4 Å². The SMILES string of the molecule is O=C1[C@@H]2[C@H](C(=O)N1/N=C\C13c4ccccc4C(c4ccccc41)[C@@H]1C(=O)N(c4ccc(Cl)cc4[N+](=O)[O-])C(=O)[C@H]13)[C@H]1C=C[C@H]2C1. The van der Waals surface area contributed by atoms with E-state index in [0.29, 0.717) is 0 Å². The number of benzene rings is 3. The normalized spacial score (nSPS) is 33.3. The topological polar surface area (TPSA) is 130 Å². The maximum atomic E-state index is 14.6. The molecule has 3 fully saturated rings. The zero-order valence-electron chi connectivity index (χ0n) is 23.4. The predicted octanol–water partition coefficient (Wildman–Crippen LogP) is 4.59. The molecule has 222 valence electrons. The first kappa shape index (κ1) is 26.4. The quantitative estimate of drug-likeness (QED) is 0.138. The number of fused-ring (bicyclic) bond motifs is 5. The lowest BCUT2D eigenvalue weighted by molar-refractivity contribution is -0.384. The van der Waals surface area contributed by atoms with E-state index >= 15 is 0 Å². The lowest BCUT2D eigenvalue weighted by Gasteiger charge is -2.52. The number of nitro groups is 1. The van der Waals surface area contributed by atoms with Gasteiger partial charge in [0.2, 0.25) is 11.8 Å². The Bertz CT molecular complexity index is 1930. The number of anilines is 1. The molecule has 4 bridgehead atoms. The fourth-order valence-electron chi connectivity index (χ4n) is 9.27.